The average molecular weight is 387 g/mol. The first-order chi connectivity index (χ1) is 13.2. The Balaban J connectivity index is 1.78. The van der Waals surface area contributed by atoms with Crippen molar-refractivity contribution in [3.05, 3.63) is 40.2 Å². The molecule has 1 aromatic carbocycles. The van der Waals surface area contributed by atoms with E-state index in [1.807, 2.05) is 6.92 Å². The number of fused-ring (bicyclic) bond motifs is 1. The normalized spacial score (nSPS) is 17.0. The summed E-state index contributed by atoms with van der Waals surface area (Å²) >= 11 is 0. The molecule has 7 nitrogen and oxygen atoms in total. The predicted octanol–water partition coefficient (Wildman–Crippen LogP) is 3.66. The van der Waals surface area contributed by atoms with Gasteiger partial charge in [0, 0.05) is 24.1 Å². The lowest BCUT2D eigenvalue weighted by Gasteiger charge is -2.27. The third-order valence-corrected chi connectivity index (χ3v) is 4.55. The van der Waals surface area contributed by atoms with E-state index >= 15 is 0 Å². The van der Waals surface area contributed by atoms with Crippen LogP contribution in [0.5, 0.6) is 5.75 Å². The lowest BCUT2D eigenvalue weighted by atomic mass is 10.1. The van der Waals surface area contributed by atoms with Gasteiger partial charge in [-0.05, 0) is 57.7 Å². The van der Waals surface area contributed by atoms with Gasteiger partial charge in [-0.1, -0.05) is 6.92 Å². The maximum Gasteiger partial charge on any atom is 0.411 e. The minimum Gasteiger partial charge on any atom is -0.444 e. The quantitative estimate of drug-likeness (QED) is 0.454. The third-order valence-electron chi connectivity index (χ3n) is 4.55. The Labute approximate surface area is 163 Å². The number of esters is 1. The molecule has 0 spiro atoms. The van der Waals surface area contributed by atoms with Crippen molar-refractivity contribution in [1.29, 1.82) is 0 Å². The van der Waals surface area contributed by atoms with E-state index in [-0.39, 0.29) is 5.75 Å². The Morgan fingerprint density at radius 3 is 2.68 bits per heavy atom. The van der Waals surface area contributed by atoms with Gasteiger partial charge in [0.1, 0.15) is 23.0 Å². The second kappa shape index (κ2) is 7.66. The first-order valence-electron chi connectivity index (χ1n) is 9.46. The van der Waals surface area contributed by atoms with Crippen molar-refractivity contribution in [2.45, 2.75) is 58.6 Å². The minimum atomic E-state index is -0.695. The monoisotopic (exact) mass is 387 g/mol. The Morgan fingerprint density at radius 2 is 2.00 bits per heavy atom. The van der Waals surface area contributed by atoms with E-state index in [4.69, 9.17) is 13.9 Å². The zero-order chi connectivity index (χ0) is 20.5. The summed E-state index contributed by atoms with van der Waals surface area (Å²) in [7, 11) is 0. The van der Waals surface area contributed by atoms with E-state index < -0.39 is 29.3 Å². The molecule has 0 saturated carbocycles. The number of amides is 1. The average Bonchev–Trinajstić information content (AvgIpc) is 3.09. The molecule has 28 heavy (non-hydrogen) atoms. The van der Waals surface area contributed by atoms with Gasteiger partial charge >= 0.3 is 17.7 Å². The highest BCUT2D eigenvalue weighted by Gasteiger charge is 2.37. The van der Waals surface area contributed by atoms with Crippen LogP contribution in [0.15, 0.2) is 33.5 Å². The van der Waals surface area contributed by atoms with E-state index in [1.165, 1.54) is 17.0 Å². The fraction of sp³-hybridized carbons (Fsp3) is 0.476. The topological polar surface area (TPSA) is 86.0 Å². The third kappa shape index (κ3) is 4.35. The largest absolute Gasteiger partial charge is 0.444 e. The molecule has 2 aromatic rings. The first kappa shape index (κ1) is 19.9. The summed E-state index contributed by atoms with van der Waals surface area (Å²) in [6.07, 6.45) is 1.38. The molecular formula is C21H25NO6. The molecule has 1 fully saturated rings. The van der Waals surface area contributed by atoms with Gasteiger partial charge < -0.3 is 13.9 Å². The minimum absolute atomic E-state index is 0.268. The van der Waals surface area contributed by atoms with E-state index in [9.17, 15) is 14.4 Å². The first-order valence-corrected chi connectivity index (χ1v) is 9.46. The molecule has 1 saturated heterocycles. The van der Waals surface area contributed by atoms with Crippen LogP contribution >= 0.6 is 0 Å². The maximum atomic E-state index is 12.7. The molecule has 150 valence electrons. The molecule has 1 aliphatic rings. The number of nitrogens with zero attached hydrogens (tertiary/aromatic N) is 1. The number of hydrogen-bond donors (Lipinski definition) is 0. The van der Waals surface area contributed by atoms with Crippen LogP contribution in [0.2, 0.25) is 0 Å². The van der Waals surface area contributed by atoms with E-state index in [0.29, 0.717) is 31.4 Å². The number of hydrogen-bond acceptors (Lipinski definition) is 6. The number of aryl methyl sites for hydroxylation is 1. The van der Waals surface area contributed by atoms with Crippen molar-refractivity contribution < 1.29 is 23.5 Å². The highest BCUT2D eigenvalue weighted by atomic mass is 16.6. The van der Waals surface area contributed by atoms with Gasteiger partial charge in [-0.2, -0.15) is 0 Å². The number of benzene rings is 1. The highest BCUT2D eigenvalue weighted by Crippen LogP contribution is 2.26. The fourth-order valence-corrected chi connectivity index (χ4v) is 3.30. The van der Waals surface area contributed by atoms with Crippen LogP contribution in [0.3, 0.4) is 0 Å². The Hall–Kier alpha value is -2.83. The van der Waals surface area contributed by atoms with Crippen LogP contribution in [0, 0.1) is 0 Å². The van der Waals surface area contributed by atoms with Crippen LogP contribution in [0.25, 0.3) is 11.0 Å². The van der Waals surface area contributed by atoms with Crippen LogP contribution in [0.4, 0.5) is 4.79 Å². The molecule has 7 heteroatoms. The summed E-state index contributed by atoms with van der Waals surface area (Å²) in [5.41, 5.74) is 0.155. The SMILES string of the molecule is CCc1cc(=O)oc2cc(OC(=O)C3CCCN3C(=O)OC(C)(C)C)ccc12. The smallest absolute Gasteiger partial charge is 0.411 e. The lowest BCUT2D eigenvalue weighted by Crippen LogP contribution is -2.44. The Kier molecular flexibility index (Phi) is 5.45. The number of rotatable bonds is 3. The number of ether oxygens (including phenoxy) is 2. The second-order valence-corrected chi connectivity index (χ2v) is 7.86. The second-order valence-electron chi connectivity index (χ2n) is 7.86. The van der Waals surface area contributed by atoms with Crippen molar-refractivity contribution in [2.75, 3.05) is 6.54 Å². The summed E-state index contributed by atoms with van der Waals surface area (Å²) < 4.78 is 16.1. The lowest BCUT2D eigenvalue weighted by molar-refractivity contribution is -0.139. The van der Waals surface area contributed by atoms with Crippen molar-refractivity contribution in [3.63, 3.8) is 0 Å². The van der Waals surface area contributed by atoms with Gasteiger partial charge in [-0.15, -0.1) is 0 Å². The molecule has 0 bridgehead atoms. The van der Waals surface area contributed by atoms with Crippen LogP contribution in [-0.4, -0.2) is 35.2 Å². The zero-order valence-electron chi connectivity index (χ0n) is 16.6. The van der Waals surface area contributed by atoms with Gasteiger partial charge in [-0.25, -0.2) is 14.4 Å². The molecule has 0 aliphatic carbocycles. The van der Waals surface area contributed by atoms with Gasteiger partial charge in [0.25, 0.3) is 0 Å². The van der Waals surface area contributed by atoms with E-state index in [0.717, 1.165) is 10.9 Å². The Morgan fingerprint density at radius 1 is 1.25 bits per heavy atom. The van der Waals surface area contributed by atoms with Crippen molar-refractivity contribution in [2.24, 2.45) is 0 Å². The summed E-state index contributed by atoms with van der Waals surface area (Å²) in [5.74, 6) is -0.262. The van der Waals surface area contributed by atoms with Crippen molar-refractivity contribution in [1.82, 2.24) is 4.90 Å². The summed E-state index contributed by atoms with van der Waals surface area (Å²) in [4.78, 5) is 38.1. The molecule has 1 aliphatic heterocycles. The number of likely N-dealkylation sites (tertiary alicyclic amines) is 1. The van der Waals surface area contributed by atoms with Crippen LogP contribution in [0.1, 0.15) is 46.1 Å². The number of carbonyl (C=O) groups is 2. The van der Waals surface area contributed by atoms with Gasteiger partial charge in [0.05, 0.1) is 0 Å². The molecule has 0 N–H and O–H groups in total. The van der Waals surface area contributed by atoms with Crippen molar-refractivity contribution in [3.8, 4) is 5.75 Å². The molecule has 1 aromatic heterocycles. The molecule has 3 rings (SSSR count). The van der Waals surface area contributed by atoms with Gasteiger partial charge in [0.2, 0.25) is 0 Å². The van der Waals surface area contributed by atoms with Crippen LogP contribution < -0.4 is 10.4 Å². The van der Waals surface area contributed by atoms with Gasteiger partial charge in [-0.3, -0.25) is 4.90 Å². The molecule has 0 radical (unpaired) electrons. The summed E-state index contributed by atoms with van der Waals surface area (Å²) in [6, 6.07) is 5.72. The van der Waals surface area contributed by atoms with E-state index in [1.54, 1.807) is 32.9 Å². The maximum absolute atomic E-state index is 12.7. The highest BCUT2D eigenvalue weighted by molar-refractivity contribution is 5.86. The zero-order valence-corrected chi connectivity index (χ0v) is 16.6. The molecule has 1 unspecified atom stereocenters. The summed E-state index contributed by atoms with van der Waals surface area (Å²) in [5, 5.41) is 0.804. The summed E-state index contributed by atoms with van der Waals surface area (Å²) in [6.45, 7) is 7.74. The molecule has 2 heterocycles. The van der Waals surface area contributed by atoms with E-state index in [2.05, 4.69) is 0 Å². The number of carbonyl (C=O) groups excluding carboxylic acids is 2. The fourth-order valence-electron chi connectivity index (χ4n) is 3.30. The van der Waals surface area contributed by atoms with Crippen molar-refractivity contribution >= 4 is 23.0 Å². The van der Waals surface area contributed by atoms with Gasteiger partial charge in [0.15, 0.2) is 0 Å². The molecule has 1 amide bonds. The standard InChI is InChI=1S/C21H25NO6/c1-5-13-11-18(23)27-17-12-14(8-9-15(13)17)26-19(24)16-7-6-10-22(16)20(25)28-21(2,3)4/h8-9,11-12,16H,5-7,10H2,1-4H3. The van der Waals surface area contributed by atoms with Crippen LogP contribution in [-0.2, 0) is 16.0 Å². The molecular weight excluding hydrogens is 362 g/mol. The molecule has 1 atom stereocenters. The Bertz CT molecular complexity index is 956. The predicted molar refractivity (Wildman–Crippen MR) is 103 cm³/mol.